The van der Waals surface area contributed by atoms with Crippen molar-refractivity contribution in [1.82, 2.24) is 20.2 Å². The van der Waals surface area contributed by atoms with Crippen LogP contribution in [0.3, 0.4) is 0 Å². The summed E-state index contributed by atoms with van der Waals surface area (Å²) in [6, 6.07) is -0.306. The zero-order valence-corrected chi connectivity index (χ0v) is 9.63. The van der Waals surface area contributed by atoms with E-state index in [4.69, 9.17) is 9.84 Å². The lowest BCUT2D eigenvalue weighted by Gasteiger charge is -2.30. The number of aromatic amines is 1. The second-order valence-corrected chi connectivity index (χ2v) is 3.88. The molecule has 0 aromatic carbocycles. The van der Waals surface area contributed by atoms with Crippen LogP contribution in [0.15, 0.2) is 12.5 Å². The number of ether oxygens (including phenoxy) is 1. The molecule has 3 N–H and O–H groups in total. The first-order valence-corrected chi connectivity index (χ1v) is 5.51. The Morgan fingerprint density at radius 2 is 2.50 bits per heavy atom. The van der Waals surface area contributed by atoms with Crippen molar-refractivity contribution in [3.63, 3.8) is 0 Å². The highest BCUT2D eigenvalue weighted by atomic mass is 16.5. The number of imidazole rings is 1. The van der Waals surface area contributed by atoms with E-state index in [-0.39, 0.29) is 19.2 Å². The van der Waals surface area contributed by atoms with Gasteiger partial charge in [0.15, 0.2) is 6.10 Å². The summed E-state index contributed by atoms with van der Waals surface area (Å²) in [5.74, 6) is -1.05. The average molecular weight is 254 g/mol. The van der Waals surface area contributed by atoms with Gasteiger partial charge in [0.05, 0.1) is 31.7 Å². The molecule has 1 unspecified atom stereocenters. The van der Waals surface area contributed by atoms with Crippen LogP contribution < -0.4 is 5.32 Å². The van der Waals surface area contributed by atoms with Gasteiger partial charge in [0, 0.05) is 12.7 Å². The van der Waals surface area contributed by atoms with Crippen LogP contribution in [-0.4, -0.2) is 57.8 Å². The smallest absolute Gasteiger partial charge is 0.334 e. The van der Waals surface area contributed by atoms with Crippen molar-refractivity contribution in [1.29, 1.82) is 0 Å². The summed E-state index contributed by atoms with van der Waals surface area (Å²) < 4.78 is 5.03. The number of carboxylic acid groups (broad SMARTS) is 1. The average Bonchev–Trinajstić information content (AvgIpc) is 2.89. The molecule has 0 spiro atoms. The Bertz CT molecular complexity index is 420. The molecule has 0 saturated carbocycles. The van der Waals surface area contributed by atoms with Crippen LogP contribution in [0.2, 0.25) is 0 Å². The number of carbonyl (C=O) groups is 2. The Morgan fingerprint density at radius 1 is 1.67 bits per heavy atom. The van der Waals surface area contributed by atoms with E-state index in [1.54, 1.807) is 6.20 Å². The first-order chi connectivity index (χ1) is 8.66. The van der Waals surface area contributed by atoms with Gasteiger partial charge >= 0.3 is 12.0 Å². The standard InChI is InChI=1S/C10H14N4O4/c15-9(16)8-5-14(1-2-18-8)10(17)12-4-7-3-11-6-13-7/h3,6,8H,1-2,4-5H2,(H,11,13)(H,12,17)(H,15,16). The number of amides is 2. The van der Waals surface area contributed by atoms with Gasteiger partial charge in [0.1, 0.15) is 0 Å². The Balaban J connectivity index is 1.83. The lowest BCUT2D eigenvalue weighted by atomic mass is 10.3. The normalized spacial score (nSPS) is 19.6. The molecule has 8 nitrogen and oxygen atoms in total. The van der Waals surface area contributed by atoms with Crippen molar-refractivity contribution in [3.05, 3.63) is 18.2 Å². The fourth-order valence-corrected chi connectivity index (χ4v) is 1.65. The van der Waals surface area contributed by atoms with Crippen LogP contribution in [0.4, 0.5) is 4.79 Å². The number of nitrogens with zero attached hydrogens (tertiary/aromatic N) is 2. The molecule has 0 aliphatic carbocycles. The number of carbonyl (C=O) groups excluding carboxylic acids is 1. The lowest BCUT2D eigenvalue weighted by Crippen LogP contribution is -2.51. The van der Waals surface area contributed by atoms with E-state index in [9.17, 15) is 9.59 Å². The quantitative estimate of drug-likeness (QED) is 0.668. The molecular formula is C10H14N4O4. The Kier molecular flexibility index (Phi) is 3.78. The van der Waals surface area contributed by atoms with Crippen molar-refractivity contribution in [2.45, 2.75) is 12.6 Å². The fourth-order valence-electron chi connectivity index (χ4n) is 1.65. The van der Waals surface area contributed by atoms with Crippen LogP contribution in [0.25, 0.3) is 0 Å². The maximum absolute atomic E-state index is 11.8. The molecule has 1 aliphatic heterocycles. The Morgan fingerprint density at radius 3 is 3.17 bits per heavy atom. The van der Waals surface area contributed by atoms with Gasteiger partial charge < -0.3 is 25.0 Å². The molecule has 18 heavy (non-hydrogen) atoms. The molecule has 0 radical (unpaired) electrons. The molecule has 1 fully saturated rings. The second kappa shape index (κ2) is 5.50. The van der Waals surface area contributed by atoms with E-state index in [2.05, 4.69) is 15.3 Å². The molecule has 0 bridgehead atoms. The van der Waals surface area contributed by atoms with Crippen molar-refractivity contribution >= 4 is 12.0 Å². The minimum absolute atomic E-state index is 0.0597. The first-order valence-electron chi connectivity index (χ1n) is 5.51. The molecule has 2 amide bonds. The van der Waals surface area contributed by atoms with Crippen molar-refractivity contribution in [2.24, 2.45) is 0 Å². The fraction of sp³-hybridized carbons (Fsp3) is 0.500. The van der Waals surface area contributed by atoms with Crippen molar-refractivity contribution in [2.75, 3.05) is 19.7 Å². The van der Waals surface area contributed by atoms with Gasteiger partial charge in [-0.3, -0.25) is 0 Å². The van der Waals surface area contributed by atoms with E-state index in [0.29, 0.717) is 13.1 Å². The van der Waals surface area contributed by atoms with Gasteiger partial charge in [0.25, 0.3) is 0 Å². The third kappa shape index (κ3) is 2.98. The molecule has 2 heterocycles. The maximum Gasteiger partial charge on any atom is 0.334 e. The summed E-state index contributed by atoms with van der Waals surface area (Å²) in [7, 11) is 0. The third-order valence-corrected chi connectivity index (χ3v) is 2.61. The number of hydrogen-bond acceptors (Lipinski definition) is 4. The van der Waals surface area contributed by atoms with Crippen LogP contribution >= 0.6 is 0 Å². The monoisotopic (exact) mass is 254 g/mol. The van der Waals surface area contributed by atoms with Gasteiger partial charge in [0.2, 0.25) is 0 Å². The number of rotatable bonds is 3. The minimum Gasteiger partial charge on any atom is -0.479 e. The number of aliphatic carboxylic acids is 1. The molecule has 1 saturated heterocycles. The summed E-state index contributed by atoms with van der Waals surface area (Å²) in [4.78, 5) is 30.7. The summed E-state index contributed by atoms with van der Waals surface area (Å²) >= 11 is 0. The molecule has 8 heteroatoms. The molecule has 2 rings (SSSR count). The van der Waals surface area contributed by atoms with Gasteiger partial charge in [-0.05, 0) is 0 Å². The van der Waals surface area contributed by atoms with E-state index in [1.807, 2.05) is 0 Å². The topological polar surface area (TPSA) is 108 Å². The Labute approximate surface area is 103 Å². The zero-order chi connectivity index (χ0) is 13.0. The third-order valence-electron chi connectivity index (χ3n) is 2.61. The summed E-state index contributed by atoms with van der Waals surface area (Å²) in [6.45, 7) is 1.01. The molecule has 1 aromatic heterocycles. The van der Waals surface area contributed by atoms with Gasteiger partial charge in [-0.1, -0.05) is 0 Å². The highest BCUT2D eigenvalue weighted by Crippen LogP contribution is 2.05. The zero-order valence-electron chi connectivity index (χ0n) is 9.63. The van der Waals surface area contributed by atoms with Gasteiger partial charge in [-0.2, -0.15) is 0 Å². The van der Waals surface area contributed by atoms with E-state index < -0.39 is 12.1 Å². The largest absolute Gasteiger partial charge is 0.479 e. The number of urea groups is 1. The number of carboxylic acids is 1. The van der Waals surface area contributed by atoms with E-state index >= 15 is 0 Å². The van der Waals surface area contributed by atoms with Crippen molar-refractivity contribution < 1.29 is 19.4 Å². The maximum atomic E-state index is 11.8. The predicted octanol–water partition coefficient (Wildman–Crippen LogP) is -0.595. The number of hydrogen-bond donors (Lipinski definition) is 3. The number of aromatic nitrogens is 2. The highest BCUT2D eigenvalue weighted by molar-refractivity contribution is 5.77. The van der Waals surface area contributed by atoms with Crippen molar-refractivity contribution in [3.8, 4) is 0 Å². The first kappa shape index (κ1) is 12.4. The number of H-pyrrole nitrogens is 1. The molecular weight excluding hydrogens is 240 g/mol. The predicted molar refractivity (Wildman–Crippen MR) is 59.8 cm³/mol. The van der Waals surface area contributed by atoms with E-state index in [0.717, 1.165) is 5.69 Å². The van der Waals surface area contributed by atoms with Gasteiger partial charge in [-0.15, -0.1) is 0 Å². The molecule has 1 aliphatic rings. The lowest BCUT2D eigenvalue weighted by molar-refractivity contribution is -0.154. The molecule has 1 atom stereocenters. The summed E-state index contributed by atoms with van der Waals surface area (Å²) in [5.41, 5.74) is 0.784. The Hall–Kier alpha value is -2.09. The molecule has 98 valence electrons. The van der Waals surface area contributed by atoms with Crippen LogP contribution in [-0.2, 0) is 16.1 Å². The SMILES string of the molecule is O=C(O)C1CN(C(=O)NCc2cnc[nH]2)CCO1. The van der Waals surface area contributed by atoms with Crippen LogP contribution in [0, 0.1) is 0 Å². The van der Waals surface area contributed by atoms with Crippen LogP contribution in [0.1, 0.15) is 5.69 Å². The molecule has 1 aromatic rings. The summed E-state index contributed by atoms with van der Waals surface area (Å²) in [5, 5.41) is 11.5. The highest BCUT2D eigenvalue weighted by Gasteiger charge is 2.28. The minimum atomic E-state index is -1.05. The van der Waals surface area contributed by atoms with E-state index in [1.165, 1.54) is 11.2 Å². The summed E-state index contributed by atoms with van der Waals surface area (Å²) in [6.07, 6.45) is 2.19. The van der Waals surface area contributed by atoms with Gasteiger partial charge in [-0.25, -0.2) is 14.6 Å². The number of morpholine rings is 1. The number of nitrogens with one attached hydrogen (secondary N) is 2. The second-order valence-electron chi connectivity index (χ2n) is 3.88. The van der Waals surface area contributed by atoms with Crippen LogP contribution in [0.5, 0.6) is 0 Å².